The lowest BCUT2D eigenvalue weighted by Gasteiger charge is -2.44. The summed E-state index contributed by atoms with van der Waals surface area (Å²) in [4.78, 5) is 31.0. The molecule has 0 atom stereocenters. The maximum absolute atomic E-state index is 12.6. The molecule has 3 aromatic rings. The van der Waals surface area contributed by atoms with E-state index in [1.165, 1.54) is 12.8 Å². The molecule has 0 radical (unpaired) electrons. The van der Waals surface area contributed by atoms with E-state index in [4.69, 9.17) is 9.84 Å². The largest absolute Gasteiger partial charge is 0.481 e. The van der Waals surface area contributed by atoms with Gasteiger partial charge in [0.1, 0.15) is 5.75 Å². The van der Waals surface area contributed by atoms with Gasteiger partial charge in [-0.05, 0) is 87.0 Å². The number of nitrogens with zero attached hydrogens (tertiary/aromatic N) is 3. The van der Waals surface area contributed by atoms with Gasteiger partial charge in [0.2, 0.25) is 5.82 Å². The summed E-state index contributed by atoms with van der Waals surface area (Å²) in [5, 5.41) is 19.6. The molecule has 2 saturated carbocycles. The Morgan fingerprint density at radius 1 is 1.00 bits per heavy atom. The number of rotatable bonds is 7. The first-order valence-corrected chi connectivity index (χ1v) is 12.6. The Morgan fingerprint density at radius 3 is 2.39 bits per heavy atom. The minimum atomic E-state index is -0.673. The number of hydrogen-bond donors (Lipinski definition) is 3. The van der Waals surface area contributed by atoms with E-state index in [0.29, 0.717) is 35.1 Å². The summed E-state index contributed by atoms with van der Waals surface area (Å²) in [5.74, 6) is 0.325. The second-order valence-electron chi connectivity index (χ2n) is 10.1. The zero-order valence-electron chi connectivity index (χ0n) is 20.2. The van der Waals surface area contributed by atoms with Crippen molar-refractivity contribution in [1.82, 2.24) is 20.2 Å². The standard InChI is InChI=1S/C27H31N5O4/c33-23(34)16-18-8-12-27(13-9-18)14-10-19(11-15-27)22-7-6-20(17-28-22)29-25(35)24-30-26(32-31-24)36-21-4-2-1-3-5-21/h1-7,17-19H,8-16H2,(H,29,35)(H,33,34)(H,30,31,32). The second-order valence-corrected chi connectivity index (χ2v) is 10.1. The minimum Gasteiger partial charge on any atom is -0.481 e. The Morgan fingerprint density at radius 2 is 1.72 bits per heavy atom. The topological polar surface area (TPSA) is 130 Å². The van der Waals surface area contributed by atoms with Crippen molar-refractivity contribution in [3.05, 3.63) is 60.2 Å². The fraction of sp³-hybridized carbons (Fsp3) is 0.444. The fourth-order valence-corrected chi connectivity index (χ4v) is 5.67. The SMILES string of the molecule is O=C(O)CC1CCC2(CC1)CCC(c1ccc(NC(=O)c3nnc(Oc4ccccc4)[nH]3)cn1)CC2. The van der Waals surface area contributed by atoms with Gasteiger partial charge in [0.15, 0.2) is 0 Å². The number of para-hydroxylation sites is 1. The molecule has 2 aromatic heterocycles. The molecule has 2 aliphatic carbocycles. The maximum Gasteiger partial charge on any atom is 0.320 e. The van der Waals surface area contributed by atoms with Crippen LogP contribution < -0.4 is 10.1 Å². The Bertz CT molecular complexity index is 1180. The molecule has 36 heavy (non-hydrogen) atoms. The molecule has 0 aliphatic heterocycles. The Kier molecular flexibility index (Phi) is 6.97. The number of aromatic amines is 1. The summed E-state index contributed by atoms with van der Waals surface area (Å²) in [5.41, 5.74) is 2.04. The summed E-state index contributed by atoms with van der Waals surface area (Å²) in [7, 11) is 0. The number of ether oxygens (including phenoxy) is 1. The highest BCUT2D eigenvalue weighted by Gasteiger charge is 2.39. The molecule has 0 bridgehead atoms. The van der Waals surface area contributed by atoms with E-state index in [-0.39, 0.29) is 11.8 Å². The predicted molar refractivity (Wildman–Crippen MR) is 133 cm³/mol. The molecular formula is C27H31N5O4. The van der Waals surface area contributed by atoms with Gasteiger partial charge >= 0.3 is 12.0 Å². The van der Waals surface area contributed by atoms with Gasteiger partial charge in [0, 0.05) is 18.0 Å². The van der Waals surface area contributed by atoms with Crippen molar-refractivity contribution in [2.75, 3.05) is 5.32 Å². The third kappa shape index (κ3) is 5.72. The van der Waals surface area contributed by atoms with Crippen LogP contribution in [0, 0.1) is 11.3 Å². The summed E-state index contributed by atoms with van der Waals surface area (Å²) in [6, 6.07) is 13.2. The quantitative estimate of drug-likeness (QED) is 0.396. The van der Waals surface area contributed by atoms with Gasteiger partial charge in [0.05, 0.1) is 11.9 Å². The predicted octanol–water partition coefficient (Wildman–Crippen LogP) is 5.55. The maximum atomic E-state index is 12.6. The van der Waals surface area contributed by atoms with Gasteiger partial charge in [-0.1, -0.05) is 23.3 Å². The molecule has 3 N–H and O–H groups in total. The van der Waals surface area contributed by atoms with Crippen LogP contribution in [-0.4, -0.2) is 37.1 Å². The smallest absolute Gasteiger partial charge is 0.320 e. The Balaban J connectivity index is 1.11. The van der Waals surface area contributed by atoms with Gasteiger partial charge in [0.25, 0.3) is 5.91 Å². The number of benzene rings is 1. The monoisotopic (exact) mass is 489 g/mol. The number of anilines is 1. The summed E-state index contributed by atoms with van der Waals surface area (Å²) >= 11 is 0. The molecule has 9 nitrogen and oxygen atoms in total. The molecule has 9 heteroatoms. The van der Waals surface area contributed by atoms with Crippen molar-refractivity contribution >= 4 is 17.6 Å². The molecule has 188 valence electrons. The zero-order chi connectivity index (χ0) is 25.0. The van der Waals surface area contributed by atoms with E-state index >= 15 is 0 Å². The zero-order valence-corrected chi connectivity index (χ0v) is 20.2. The van der Waals surface area contributed by atoms with Crippen molar-refractivity contribution in [2.24, 2.45) is 11.3 Å². The Hall–Kier alpha value is -3.75. The first kappa shape index (κ1) is 24.0. The molecular weight excluding hydrogens is 458 g/mol. The number of nitrogens with one attached hydrogen (secondary N) is 2. The average Bonchev–Trinajstić information content (AvgIpc) is 3.36. The highest BCUT2D eigenvalue weighted by atomic mass is 16.5. The number of aliphatic carboxylic acids is 1. The van der Waals surface area contributed by atoms with Gasteiger partial charge in [-0.25, -0.2) is 0 Å². The summed E-state index contributed by atoms with van der Waals surface area (Å²) in [6.45, 7) is 0. The number of carbonyl (C=O) groups excluding carboxylic acids is 1. The van der Waals surface area contributed by atoms with Gasteiger partial charge in [-0.15, -0.1) is 5.10 Å². The number of pyridine rings is 1. The molecule has 2 aliphatic rings. The Labute approximate surface area is 209 Å². The van der Waals surface area contributed by atoms with Gasteiger partial charge < -0.3 is 15.2 Å². The van der Waals surface area contributed by atoms with Crippen molar-refractivity contribution in [3.8, 4) is 11.8 Å². The summed E-state index contributed by atoms with van der Waals surface area (Å²) < 4.78 is 5.56. The number of carboxylic acids is 1. The van der Waals surface area contributed by atoms with Crippen LogP contribution in [0.25, 0.3) is 0 Å². The number of carboxylic acid groups (broad SMARTS) is 1. The number of H-pyrrole nitrogens is 1. The lowest BCUT2D eigenvalue weighted by atomic mass is 9.61. The fourth-order valence-electron chi connectivity index (χ4n) is 5.67. The average molecular weight is 490 g/mol. The third-order valence-electron chi connectivity index (χ3n) is 7.78. The van der Waals surface area contributed by atoms with Crippen LogP contribution in [0.1, 0.15) is 80.0 Å². The van der Waals surface area contributed by atoms with Crippen LogP contribution in [-0.2, 0) is 4.79 Å². The lowest BCUT2D eigenvalue weighted by molar-refractivity contribution is -0.138. The van der Waals surface area contributed by atoms with E-state index in [9.17, 15) is 9.59 Å². The van der Waals surface area contributed by atoms with Crippen LogP contribution in [0.5, 0.6) is 11.8 Å². The highest BCUT2D eigenvalue weighted by molar-refractivity contribution is 6.01. The van der Waals surface area contributed by atoms with Crippen LogP contribution in [0.3, 0.4) is 0 Å². The minimum absolute atomic E-state index is 0.0562. The summed E-state index contributed by atoms with van der Waals surface area (Å²) in [6.07, 6.45) is 10.9. The van der Waals surface area contributed by atoms with E-state index in [2.05, 4.69) is 25.5 Å². The number of aromatic nitrogens is 4. The molecule has 0 unspecified atom stereocenters. The van der Waals surface area contributed by atoms with Crippen molar-refractivity contribution < 1.29 is 19.4 Å². The van der Waals surface area contributed by atoms with Crippen molar-refractivity contribution in [2.45, 2.75) is 63.7 Å². The van der Waals surface area contributed by atoms with Crippen LogP contribution in [0.2, 0.25) is 0 Å². The molecule has 1 aromatic carbocycles. The normalized spacial score (nSPS) is 23.8. The van der Waals surface area contributed by atoms with Gasteiger partial charge in [-0.2, -0.15) is 0 Å². The van der Waals surface area contributed by atoms with Gasteiger partial charge in [-0.3, -0.25) is 19.6 Å². The number of carbonyl (C=O) groups is 2. The molecule has 1 amide bonds. The van der Waals surface area contributed by atoms with Crippen molar-refractivity contribution in [1.29, 1.82) is 0 Å². The van der Waals surface area contributed by atoms with E-state index in [1.54, 1.807) is 18.3 Å². The lowest BCUT2D eigenvalue weighted by Crippen LogP contribution is -2.32. The van der Waals surface area contributed by atoms with Crippen molar-refractivity contribution in [3.63, 3.8) is 0 Å². The first-order chi connectivity index (χ1) is 17.5. The number of amides is 1. The molecule has 5 rings (SSSR count). The molecule has 2 fully saturated rings. The van der Waals surface area contributed by atoms with Crippen LogP contribution in [0.15, 0.2) is 48.7 Å². The number of hydrogen-bond acceptors (Lipinski definition) is 6. The van der Waals surface area contributed by atoms with E-state index in [0.717, 1.165) is 44.2 Å². The molecule has 0 saturated heterocycles. The molecule has 2 heterocycles. The van der Waals surface area contributed by atoms with Crippen LogP contribution >= 0.6 is 0 Å². The highest BCUT2D eigenvalue weighted by Crippen LogP contribution is 2.52. The molecule has 1 spiro atoms. The first-order valence-electron chi connectivity index (χ1n) is 12.6. The van der Waals surface area contributed by atoms with Crippen LogP contribution in [0.4, 0.5) is 5.69 Å². The second kappa shape index (κ2) is 10.5. The third-order valence-corrected chi connectivity index (χ3v) is 7.78. The van der Waals surface area contributed by atoms with E-state index < -0.39 is 11.9 Å². The van der Waals surface area contributed by atoms with E-state index in [1.807, 2.05) is 30.3 Å².